The van der Waals surface area contributed by atoms with Crippen LogP contribution >= 0.6 is 23.2 Å². The molecule has 0 radical (unpaired) electrons. The Morgan fingerprint density at radius 3 is 1.33 bits per heavy atom. The molecule has 0 bridgehead atoms. The zero-order valence-electron chi connectivity index (χ0n) is 12.4. The Balaban J connectivity index is 2.15. The first-order valence-electron chi connectivity index (χ1n) is 7.38. The van der Waals surface area contributed by atoms with Crippen LogP contribution in [0.2, 0.25) is 10.0 Å². The van der Waals surface area contributed by atoms with Gasteiger partial charge in [0.25, 0.3) is 0 Å². The third-order valence-electron chi connectivity index (χ3n) is 4.65. The van der Waals surface area contributed by atoms with E-state index < -0.39 is 35.6 Å². The van der Waals surface area contributed by atoms with Crippen molar-refractivity contribution in [1.29, 1.82) is 0 Å². The summed E-state index contributed by atoms with van der Waals surface area (Å²) in [5.41, 5.74) is 1.27. The van der Waals surface area contributed by atoms with Gasteiger partial charge in [0.1, 0.15) is 0 Å². The average Bonchev–Trinajstić information content (AvgIpc) is 2.49. The van der Waals surface area contributed by atoms with Crippen molar-refractivity contribution in [1.82, 2.24) is 0 Å². The van der Waals surface area contributed by atoms with Crippen LogP contribution in [0.5, 0.6) is 0 Å². The van der Waals surface area contributed by atoms with Gasteiger partial charge in [-0.05, 0) is 23.3 Å². The van der Waals surface area contributed by atoms with Crippen LogP contribution in [0.4, 0.5) is 0 Å². The summed E-state index contributed by atoms with van der Waals surface area (Å²) in [7, 11) is 0. The molecule has 1 saturated carbocycles. The lowest BCUT2D eigenvalue weighted by Crippen LogP contribution is -2.51. The van der Waals surface area contributed by atoms with Gasteiger partial charge in [0.05, 0.1) is 11.8 Å². The zero-order chi connectivity index (χ0) is 17.4. The maximum absolute atomic E-state index is 11.7. The van der Waals surface area contributed by atoms with Gasteiger partial charge in [0, 0.05) is 21.9 Å². The molecule has 0 saturated heterocycles. The number of hydrogen-bond donors (Lipinski definition) is 2. The van der Waals surface area contributed by atoms with E-state index in [1.807, 2.05) is 0 Å². The van der Waals surface area contributed by atoms with Crippen molar-refractivity contribution >= 4 is 35.1 Å². The van der Waals surface area contributed by atoms with E-state index in [9.17, 15) is 19.8 Å². The van der Waals surface area contributed by atoms with Crippen molar-refractivity contribution in [3.8, 4) is 0 Å². The van der Waals surface area contributed by atoms with Gasteiger partial charge in [0.2, 0.25) is 0 Å². The van der Waals surface area contributed by atoms with E-state index in [0.29, 0.717) is 21.2 Å². The number of halogens is 2. The number of benzene rings is 2. The number of hydrogen-bond acceptors (Lipinski definition) is 2. The highest BCUT2D eigenvalue weighted by molar-refractivity contribution is 6.32. The zero-order valence-corrected chi connectivity index (χ0v) is 13.9. The molecule has 1 aliphatic rings. The summed E-state index contributed by atoms with van der Waals surface area (Å²) in [5.74, 6) is -5.48. The van der Waals surface area contributed by atoms with Crippen LogP contribution in [0.25, 0.3) is 0 Å². The fraction of sp³-hybridized carbons (Fsp3) is 0.222. The molecule has 4 unspecified atom stereocenters. The average molecular weight is 365 g/mol. The van der Waals surface area contributed by atoms with E-state index in [-0.39, 0.29) is 0 Å². The molecule has 24 heavy (non-hydrogen) atoms. The van der Waals surface area contributed by atoms with Crippen molar-refractivity contribution < 1.29 is 19.8 Å². The van der Waals surface area contributed by atoms with Crippen LogP contribution in [-0.4, -0.2) is 22.2 Å². The molecule has 2 N–H and O–H groups in total. The lowest BCUT2D eigenvalue weighted by Gasteiger charge is -2.48. The van der Waals surface area contributed by atoms with Gasteiger partial charge >= 0.3 is 11.9 Å². The standard InChI is InChI=1S/C18H14Cl2O4/c19-11-7-3-1-5-9(11)13-14(10-6-2-4-8-12(10)20)16(18(23)24)15(13)17(21)22/h1-8,13-16H,(H,21,22)(H,23,24). The van der Waals surface area contributed by atoms with Crippen molar-refractivity contribution in [3.63, 3.8) is 0 Å². The highest BCUT2D eigenvalue weighted by Gasteiger charge is 2.59. The Kier molecular flexibility index (Phi) is 4.52. The van der Waals surface area contributed by atoms with Crippen LogP contribution in [-0.2, 0) is 9.59 Å². The van der Waals surface area contributed by atoms with Gasteiger partial charge in [-0.25, -0.2) is 0 Å². The van der Waals surface area contributed by atoms with Crippen molar-refractivity contribution in [2.45, 2.75) is 11.8 Å². The third kappa shape index (κ3) is 2.66. The minimum atomic E-state index is -1.14. The molecule has 1 aliphatic carbocycles. The number of rotatable bonds is 4. The quantitative estimate of drug-likeness (QED) is 0.848. The molecule has 0 aromatic heterocycles. The van der Waals surface area contributed by atoms with Gasteiger partial charge < -0.3 is 10.2 Å². The summed E-state index contributed by atoms with van der Waals surface area (Å²) in [6, 6.07) is 13.9. The Bertz CT molecular complexity index is 738. The van der Waals surface area contributed by atoms with E-state index in [4.69, 9.17) is 23.2 Å². The Hall–Kier alpha value is -2.04. The van der Waals surface area contributed by atoms with E-state index in [0.717, 1.165) is 0 Å². The van der Waals surface area contributed by atoms with E-state index in [2.05, 4.69) is 0 Å². The second-order valence-electron chi connectivity index (χ2n) is 5.82. The molecule has 2 aromatic rings. The van der Waals surface area contributed by atoms with Crippen LogP contribution in [0.3, 0.4) is 0 Å². The molecule has 0 amide bonds. The molecule has 0 aliphatic heterocycles. The maximum Gasteiger partial charge on any atom is 0.308 e. The van der Waals surface area contributed by atoms with E-state index in [1.165, 1.54) is 0 Å². The molecular formula is C18H14Cl2O4. The molecule has 2 aromatic carbocycles. The number of carboxylic acid groups (broad SMARTS) is 2. The Morgan fingerprint density at radius 1 is 0.708 bits per heavy atom. The van der Waals surface area contributed by atoms with Crippen LogP contribution < -0.4 is 0 Å². The molecule has 124 valence electrons. The first-order chi connectivity index (χ1) is 11.4. The molecule has 6 heteroatoms. The van der Waals surface area contributed by atoms with Crippen molar-refractivity contribution in [2.75, 3.05) is 0 Å². The molecule has 0 heterocycles. The van der Waals surface area contributed by atoms with Gasteiger partial charge in [-0.15, -0.1) is 0 Å². The lowest BCUT2D eigenvalue weighted by atomic mass is 9.52. The first-order valence-corrected chi connectivity index (χ1v) is 8.13. The normalized spacial score (nSPS) is 25.8. The lowest BCUT2D eigenvalue weighted by molar-refractivity contribution is -0.164. The minimum absolute atomic E-state index is 0.426. The van der Waals surface area contributed by atoms with Crippen molar-refractivity contribution in [3.05, 3.63) is 69.7 Å². The fourth-order valence-corrected chi connectivity index (χ4v) is 4.15. The molecule has 4 atom stereocenters. The summed E-state index contributed by atoms with van der Waals surface area (Å²) in [5, 5.41) is 20.0. The topological polar surface area (TPSA) is 74.6 Å². The number of carbonyl (C=O) groups is 2. The second kappa shape index (κ2) is 6.46. The maximum atomic E-state index is 11.7. The van der Waals surface area contributed by atoms with Gasteiger partial charge in [0.15, 0.2) is 0 Å². The summed E-state index contributed by atoms with van der Waals surface area (Å²) < 4.78 is 0. The highest BCUT2D eigenvalue weighted by atomic mass is 35.5. The fourth-order valence-electron chi connectivity index (χ4n) is 3.63. The van der Waals surface area contributed by atoms with E-state index >= 15 is 0 Å². The van der Waals surface area contributed by atoms with E-state index in [1.54, 1.807) is 48.5 Å². The molecule has 3 rings (SSSR count). The molecule has 1 fully saturated rings. The monoisotopic (exact) mass is 364 g/mol. The SMILES string of the molecule is O=C(O)C1C(C(=O)O)C(c2ccccc2Cl)C1c1ccccc1Cl. The Morgan fingerprint density at radius 2 is 1.04 bits per heavy atom. The van der Waals surface area contributed by atoms with Crippen LogP contribution in [0.15, 0.2) is 48.5 Å². The molecular weight excluding hydrogens is 351 g/mol. The highest BCUT2D eigenvalue weighted by Crippen LogP contribution is 2.59. The van der Waals surface area contributed by atoms with Gasteiger partial charge in [-0.1, -0.05) is 59.6 Å². The summed E-state index contributed by atoms with van der Waals surface area (Å²) in [4.78, 5) is 23.4. The summed E-state index contributed by atoms with van der Waals surface area (Å²) in [6.45, 7) is 0. The van der Waals surface area contributed by atoms with Crippen molar-refractivity contribution in [2.24, 2.45) is 11.8 Å². The first kappa shape index (κ1) is 16.8. The Labute approximate surface area is 148 Å². The van der Waals surface area contributed by atoms with Crippen LogP contribution in [0.1, 0.15) is 23.0 Å². The smallest absolute Gasteiger partial charge is 0.308 e. The third-order valence-corrected chi connectivity index (χ3v) is 5.33. The largest absolute Gasteiger partial charge is 0.481 e. The van der Waals surface area contributed by atoms with Crippen LogP contribution in [0, 0.1) is 11.8 Å². The molecule has 4 nitrogen and oxygen atoms in total. The van der Waals surface area contributed by atoms with Gasteiger partial charge in [-0.3, -0.25) is 9.59 Å². The number of carboxylic acids is 2. The predicted molar refractivity (Wildman–Crippen MR) is 90.6 cm³/mol. The second-order valence-corrected chi connectivity index (χ2v) is 6.64. The summed E-state index contributed by atoms with van der Waals surface area (Å²) in [6.07, 6.45) is 0. The molecule has 0 spiro atoms. The number of aliphatic carboxylic acids is 2. The van der Waals surface area contributed by atoms with Gasteiger partial charge in [-0.2, -0.15) is 0 Å². The predicted octanol–water partition coefficient (Wildman–Crippen LogP) is 4.28. The minimum Gasteiger partial charge on any atom is -0.481 e. The summed E-state index contributed by atoms with van der Waals surface area (Å²) >= 11 is 12.5.